The van der Waals surface area contributed by atoms with Crippen molar-refractivity contribution in [2.45, 2.75) is 52.6 Å². The third-order valence-corrected chi connectivity index (χ3v) is 8.82. The van der Waals surface area contributed by atoms with E-state index in [0.29, 0.717) is 46.0 Å². The lowest BCUT2D eigenvalue weighted by Gasteiger charge is -2.20. The Morgan fingerprint density at radius 2 is 0.792 bits per heavy atom. The Kier molecular flexibility index (Phi) is 8.56. The summed E-state index contributed by atoms with van der Waals surface area (Å²) in [6.45, 7) is 5.57. The zero-order chi connectivity index (χ0) is 33.4. The minimum atomic E-state index is -0.383. The number of fused-ring (bicyclic) bond motifs is 4. The topological polar surface area (TPSA) is 34.6 Å². The molecule has 5 aromatic carbocycles. The number of aryl methyl sites for hydroxylation is 2. The third-order valence-electron chi connectivity index (χ3n) is 8.82. The first-order valence-electron chi connectivity index (χ1n) is 16.4. The van der Waals surface area contributed by atoms with Gasteiger partial charge >= 0.3 is 0 Å². The van der Waals surface area contributed by atoms with Gasteiger partial charge in [0.05, 0.1) is 44.2 Å². The summed E-state index contributed by atoms with van der Waals surface area (Å²) < 4.78 is 62.1. The van der Waals surface area contributed by atoms with Gasteiger partial charge in [-0.25, -0.2) is 27.5 Å². The zero-order valence-corrected chi connectivity index (χ0v) is 26.8. The number of aromatic nitrogens is 2. The van der Waals surface area contributed by atoms with Gasteiger partial charge in [0.15, 0.2) is 0 Å². The molecule has 0 saturated heterocycles. The molecule has 0 unspecified atom stereocenters. The molecule has 0 radical (unpaired) electrons. The lowest BCUT2D eigenvalue weighted by molar-refractivity contribution is 0.627. The van der Waals surface area contributed by atoms with Crippen molar-refractivity contribution in [1.82, 2.24) is 9.13 Å². The minimum Gasteiger partial charge on any atom is -0.340 e. The van der Waals surface area contributed by atoms with E-state index < -0.39 is 0 Å². The summed E-state index contributed by atoms with van der Waals surface area (Å²) in [5.41, 5.74) is 4.39. The molecule has 0 saturated carbocycles. The molecule has 8 heteroatoms. The van der Waals surface area contributed by atoms with Gasteiger partial charge < -0.3 is 9.13 Å². The van der Waals surface area contributed by atoms with Crippen molar-refractivity contribution in [3.8, 4) is 0 Å². The summed E-state index contributed by atoms with van der Waals surface area (Å²) in [6.07, 6.45) is 3.65. The predicted molar refractivity (Wildman–Crippen MR) is 185 cm³/mol. The average Bonchev–Trinajstić information content (AvgIpc) is 3.09. The number of rotatable bonds is 8. The highest BCUT2D eigenvalue weighted by molar-refractivity contribution is 6.03. The molecule has 0 aliphatic rings. The molecular formula is C40H34F4N4. The maximum absolute atomic E-state index is 15.0. The molecule has 242 valence electrons. The van der Waals surface area contributed by atoms with Gasteiger partial charge in [-0.15, -0.1) is 0 Å². The molecule has 0 aliphatic heterocycles. The number of hydrogen-bond acceptors (Lipinski definition) is 2. The molecule has 0 bridgehead atoms. The minimum absolute atomic E-state index is 0.371. The summed E-state index contributed by atoms with van der Waals surface area (Å²) in [6, 6.07) is 25.5. The van der Waals surface area contributed by atoms with Crippen molar-refractivity contribution in [2.75, 3.05) is 0 Å². The van der Waals surface area contributed by atoms with Crippen LogP contribution in [0.1, 0.15) is 39.5 Å². The van der Waals surface area contributed by atoms with Crippen LogP contribution in [0.4, 0.5) is 28.9 Å². The van der Waals surface area contributed by atoms with E-state index in [1.807, 2.05) is 0 Å². The highest BCUT2D eigenvalue weighted by Crippen LogP contribution is 2.29. The molecule has 0 N–H and O–H groups in total. The summed E-state index contributed by atoms with van der Waals surface area (Å²) in [5, 5.41) is 4.00. The van der Waals surface area contributed by atoms with Crippen LogP contribution in [-0.4, -0.2) is 9.13 Å². The molecule has 0 aliphatic carbocycles. The Hall–Kier alpha value is -5.24. The van der Waals surface area contributed by atoms with Crippen molar-refractivity contribution in [3.05, 3.63) is 131 Å². The second kappa shape index (κ2) is 13.1. The summed E-state index contributed by atoms with van der Waals surface area (Å²) >= 11 is 0. The Morgan fingerprint density at radius 3 is 1.17 bits per heavy atom. The van der Waals surface area contributed by atoms with E-state index in [2.05, 4.69) is 35.1 Å². The maximum Gasteiger partial charge on any atom is 0.124 e. The van der Waals surface area contributed by atoms with E-state index in [0.717, 1.165) is 58.5 Å². The lowest BCUT2D eigenvalue weighted by Crippen LogP contribution is -2.17. The van der Waals surface area contributed by atoms with Crippen LogP contribution >= 0.6 is 0 Å². The van der Waals surface area contributed by atoms with E-state index in [-0.39, 0.29) is 23.3 Å². The Bertz CT molecular complexity index is 2280. The zero-order valence-electron chi connectivity index (χ0n) is 26.8. The molecule has 2 aromatic heterocycles. The number of pyridine rings is 2. The molecule has 0 amide bonds. The predicted octanol–water partition coefficient (Wildman–Crippen LogP) is 10.5. The fourth-order valence-electron chi connectivity index (χ4n) is 6.46. The quantitative estimate of drug-likeness (QED) is 0.116. The molecule has 7 aromatic rings. The summed E-state index contributed by atoms with van der Waals surface area (Å²) in [5.74, 6) is -1.51. The number of hydrogen-bond donors (Lipinski definition) is 0. The fraction of sp³-hybridized carbons (Fsp3) is 0.200. The molecule has 2 heterocycles. The van der Waals surface area contributed by atoms with Crippen molar-refractivity contribution >= 4 is 55.0 Å². The van der Waals surface area contributed by atoms with Crippen LogP contribution in [0.25, 0.3) is 43.6 Å². The van der Waals surface area contributed by atoms with Crippen LogP contribution in [0.15, 0.2) is 107 Å². The van der Waals surface area contributed by atoms with E-state index in [4.69, 9.17) is 9.98 Å². The van der Waals surface area contributed by atoms with Gasteiger partial charge in [-0.2, -0.15) is 0 Å². The normalized spacial score (nSPS) is 12.7. The first-order valence-corrected chi connectivity index (χ1v) is 16.4. The van der Waals surface area contributed by atoms with Gasteiger partial charge in [0.1, 0.15) is 23.3 Å². The average molecular weight is 647 g/mol. The maximum atomic E-state index is 15.0. The van der Waals surface area contributed by atoms with E-state index in [1.54, 1.807) is 36.4 Å². The first-order chi connectivity index (χ1) is 23.3. The fourth-order valence-corrected chi connectivity index (χ4v) is 6.46. The lowest BCUT2D eigenvalue weighted by atomic mass is 10.0. The molecular weight excluding hydrogens is 612 g/mol. The Balaban J connectivity index is 1.73. The van der Waals surface area contributed by atoms with Crippen molar-refractivity contribution in [2.24, 2.45) is 9.98 Å². The highest BCUT2D eigenvalue weighted by atomic mass is 19.1. The standard InChI is InChI=1S/C40H34F4N4/c1-3-5-19-47-35-17-11-27(43)21-31(35)39(45-29-13-7-25(41)8-14-29)33-24-38-34(23-37(33)47)40(46-30-15-9-26(42)10-16-30)32-22-28(44)12-18-36(32)48(38)20-6-4-2/h7-18,21-24H,3-6,19-20H2,1-2H3. The number of halogens is 4. The molecule has 0 fully saturated rings. The van der Waals surface area contributed by atoms with Crippen molar-refractivity contribution < 1.29 is 17.6 Å². The third kappa shape index (κ3) is 5.87. The summed E-state index contributed by atoms with van der Waals surface area (Å²) in [4.78, 5) is 10.0. The number of unbranched alkanes of at least 4 members (excludes halogenated alkanes) is 2. The van der Waals surface area contributed by atoms with Gasteiger partial charge in [-0.3, -0.25) is 0 Å². The van der Waals surface area contributed by atoms with Crippen LogP contribution in [0.5, 0.6) is 0 Å². The first kappa shape index (κ1) is 31.4. The van der Waals surface area contributed by atoms with Crippen LogP contribution in [-0.2, 0) is 13.1 Å². The van der Waals surface area contributed by atoms with Gasteiger partial charge in [0, 0.05) is 34.6 Å². The number of nitrogens with zero attached hydrogens (tertiary/aromatic N) is 4. The van der Waals surface area contributed by atoms with Gasteiger partial charge in [0.25, 0.3) is 0 Å². The SMILES string of the molecule is CCCCn1c2ccc(F)cc2c(=Nc2ccc(F)cc2)c2cc3c(cc21)c(=Nc1ccc(F)cc1)c1cc(F)ccc1n3CCCC. The van der Waals surface area contributed by atoms with E-state index in [9.17, 15) is 17.6 Å². The molecule has 0 spiro atoms. The molecule has 0 atom stereocenters. The second-order valence-electron chi connectivity index (χ2n) is 12.1. The van der Waals surface area contributed by atoms with Crippen molar-refractivity contribution in [1.29, 1.82) is 0 Å². The van der Waals surface area contributed by atoms with Crippen LogP contribution < -0.4 is 10.7 Å². The Labute approximate surface area is 275 Å². The van der Waals surface area contributed by atoms with Gasteiger partial charge in [0.2, 0.25) is 0 Å². The van der Waals surface area contributed by atoms with Crippen LogP contribution in [0.2, 0.25) is 0 Å². The van der Waals surface area contributed by atoms with E-state index in [1.165, 1.54) is 48.5 Å². The van der Waals surface area contributed by atoms with Crippen LogP contribution in [0.3, 0.4) is 0 Å². The Morgan fingerprint density at radius 1 is 0.438 bits per heavy atom. The number of benzene rings is 5. The van der Waals surface area contributed by atoms with E-state index >= 15 is 0 Å². The smallest absolute Gasteiger partial charge is 0.124 e. The van der Waals surface area contributed by atoms with Gasteiger partial charge in [-0.05, 0) is 110 Å². The summed E-state index contributed by atoms with van der Waals surface area (Å²) in [7, 11) is 0. The van der Waals surface area contributed by atoms with Crippen molar-refractivity contribution in [3.63, 3.8) is 0 Å². The highest BCUT2D eigenvalue weighted by Gasteiger charge is 2.17. The molecule has 48 heavy (non-hydrogen) atoms. The van der Waals surface area contributed by atoms with Gasteiger partial charge in [-0.1, -0.05) is 26.7 Å². The van der Waals surface area contributed by atoms with Crippen LogP contribution in [0, 0.1) is 23.3 Å². The second-order valence-corrected chi connectivity index (χ2v) is 12.1. The monoisotopic (exact) mass is 646 g/mol. The largest absolute Gasteiger partial charge is 0.340 e. The molecule has 7 rings (SSSR count). The molecule has 4 nitrogen and oxygen atoms in total.